The van der Waals surface area contributed by atoms with Crippen LogP contribution in [0.1, 0.15) is 12.8 Å². The number of halogens is 6. The number of hydrogen-bond acceptors (Lipinski definition) is 2. The fourth-order valence-corrected chi connectivity index (χ4v) is 1.10. The van der Waals surface area contributed by atoms with E-state index in [4.69, 9.17) is 0 Å². The number of rotatable bonds is 5. The molecule has 0 bridgehead atoms. The Morgan fingerprint density at radius 3 is 1.94 bits per heavy atom. The first-order chi connectivity index (χ1) is 7.21. The second-order valence-corrected chi connectivity index (χ2v) is 3.56. The van der Waals surface area contributed by atoms with Crippen LogP contribution in [0.15, 0.2) is 0 Å². The van der Waals surface area contributed by atoms with Gasteiger partial charge < -0.3 is 10.1 Å². The normalized spacial score (nSPS) is 18.2. The SMILES string of the molecule is FC(F)(F)C(OCCNC1CC1)C(F)(F)F. The molecule has 16 heavy (non-hydrogen) atoms. The fourth-order valence-electron chi connectivity index (χ4n) is 1.10. The molecule has 0 aromatic carbocycles. The van der Waals surface area contributed by atoms with Crippen molar-refractivity contribution in [3.63, 3.8) is 0 Å². The van der Waals surface area contributed by atoms with Crippen LogP contribution in [-0.4, -0.2) is 37.7 Å². The van der Waals surface area contributed by atoms with Crippen LogP contribution in [0.3, 0.4) is 0 Å². The molecule has 1 N–H and O–H groups in total. The summed E-state index contributed by atoms with van der Waals surface area (Å²) in [4.78, 5) is 0. The molecule has 0 atom stereocenters. The van der Waals surface area contributed by atoms with E-state index in [1.54, 1.807) is 0 Å². The van der Waals surface area contributed by atoms with E-state index < -0.39 is 25.1 Å². The molecule has 0 saturated heterocycles. The predicted octanol–water partition coefficient (Wildman–Crippen LogP) is 2.25. The predicted molar refractivity (Wildman–Crippen MR) is 42.9 cm³/mol. The van der Waals surface area contributed by atoms with Crippen LogP contribution in [-0.2, 0) is 4.74 Å². The van der Waals surface area contributed by atoms with E-state index in [9.17, 15) is 26.3 Å². The maximum absolute atomic E-state index is 11.9. The van der Waals surface area contributed by atoms with Crippen molar-refractivity contribution in [3.05, 3.63) is 0 Å². The lowest BCUT2D eigenvalue weighted by molar-refractivity contribution is -0.321. The summed E-state index contributed by atoms with van der Waals surface area (Å²) in [5.74, 6) is 0. The molecule has 1 aliphatic rings. The molecule has 1 fully saturated rings. The summed E-state index contributed by atoms with van der Waals surface area (Å²) in [6.45, 7) is -0.618. The van der Waals surface area contributed by atoms with Gasteiger partial charge in [-0.2, -0.15) is 26.3 Å². The molecule has 1 aliphatic carbocycles. The van der Waals surface area contributed by atoms with Gasteiger partial charge >= 0.3 is 12.4 Å². The van der Waals surface area contributed by atoms with Crippen molar-refractivity contribution in [1.29, 1.82) is 0 Å². The molecule has 0 radical (unpaired) electrons. The monoisotopic (exact) mass is 251 g/mol. The summed E-state index contributed by atoms with van der Waals surface area (Å²) < 4.78 is 75.5. The van der Waals surface area contributed by atoms with E-state index in [1.165, 1.54) is 0 Å². The Morgan fingerprint density at radius 2 is 1.56 bits per heavy atom. The largest absolute Gasteiger partial charge is 0.423 e. The molecule has 0 amide bonds. The van der Waals surface area contributed by atoms with Crippen LogP contribution in [0.4, 0.5) is 26.3 Å². The van der Waals surface area contributed by atoms with Crippen molar-refractivity contribution in [2.75, 3.05) is 13.2 Å². The highest BCUT2D eigenvalue weighted by atomic mass is 19.4. The topological polar surface area (TPSA) is 21.3 Å². The molecular weight excluding hydrogens is 240 g/mol. The standard InChI is InChI=1S/C8H11F6NO/c9-7(10,11)6(8(12,13)14)16-4-3-15-5-1-2-5/h5-6,15H,1-4H2. The highest BCUT2D eigenvalue weighted by molar-refractivity contribution is 4.81. The lowest BCUT2D eigenvalue weighted by atomic mass is 10.3. The van der Waals surface area contributed by atoms with Gasteiger partial charge in [0.2, 0.25) is 6.10 Å². The van der Waals surface area contributed by atoms with Crippen LogP contribution in [0.2, 0.25) is 0 Å². The van der Waals surface area contributed by atoms with Gasteiger partial charge in [-0.3, -0.25) is 0 Å². The Labute approximate surface area is 87.9 Å². The van der Waals surface area contributed by atoms with Gasteiger partial charge in [0.15, 0.2) is 0 Å². The number of hydrogen-bond donors (Lipinski definition) is 1. The second kappa shape index (κ2) is 4.79. The third kappa shape index (κ3) is 4.56. The van der Waals surface area contributed by atoms with Crippen LogP contribution >= 0.6 is 0 Å². The van der Waals surface area contributed by atoms with Crippen molar-refractivity contribution >= 4 is 0 Å². The van der Waals surface area contributed by atoms with E-state index in [-0.39, 0.29) is 12.6 Å². The Balaban J connectivity index is 2.31. The highest BCUT2D eigenvalue weighted by Crippen LogP contribution is 2.35. The van der Waals surface area contributed by atoms with Crippen molar-refractivity contribution in [3.8, 4) is 0 Å². The Morgan fingerprint density at radius 1 is 1.06 bits per heavy atom. The maximum Gasteiger partial charge on any atom is 0.423 e. The van der Waals surface area contributed by atoms with Gasteiger partial charge in [0.25, 0.3) is 0 Å². The van der Waals surface area contributed by atoms with Crippen molar-refractivity contribution in [2.45, 2.75) is 37.3 Å². The number of nitrogens with one attached hydrogen (secondary N) is 1. The van der Waals surface area contributed by atoms with E-state index in [0.29, 0.717) is 0 Å². The zero-order chi connectivity index (χ0) is 12.4. The summed E-state index contributed by atoms with van der Waals surface area (Å²) >= 11 is 0. The van der Waals surface area contributed by atoms with Gasteiger partial charge in [0.05, 0.1) is 6.61 Å². The zero-order valence-electron chi connectivity index (χ0n) is 8.16. The molecule has 0 unspecified atom stereocenters. The van der Waals surface area contributed by atoms with Crippen LogP contribution in [0.5, 0.6) is 0 Å². The first kappa shape index (κ1) is 13.6. The Bertz CT molecular complexity index is 208. The highest BCUT2D eigenvalue weighted by Gasteiger charge is 2.57. The van der Waals surface area contributed by atoms with E-state index in [2.05, 4.69) is 10.1 Å². The summed E-state index contributed by atoms with van der Waals surface area (Å²) in [6.07, 6.45) is -12.7. The van der Waals surface area contributed by atoms with Gasteiger partial charge in [-0.05, 0) is 12.8 Å². The lowest BCUT2D eigenvalue weighted by Gasteiger charge is -2.23. The van der Waals surface area contributed by atoms with Crippen molar-refractivity contribution < 1.29 is 31.1 Å². The van der Waals surface area contributed by atoms with Crippen LogP contribution in [0, 0.1) is 0 Å². The third-order valence-electron chi connectivity index (χ3n) is 1.99. The minimum Gasteiger partial charge on any atom is -0.360 e. The van der Waals surface area contributed by atoms with E-state index >= 15 is 0 Å². The molecule has 8 heteroatoms. The summed E-state index contributed by atoms with van der Waals surface area (Å²) in [5, 5.41) is 2.76. The summed E-state index contributed by atoms with van der Waals surface area (Å²) in [7, 11) is 0. The molecular formula is C8H11F6NO. The molecule has 0 aromatic rings. The van der Waals surface area contributed by atoms with Crippen molar-refractivity contribution in [2.24, 2.45) is 0 Å². The van der Waals surface area contributed by atoms with Gasteiger partial charge in [0.1, 0.15) is 0 Å². The average Bonchev–Trinajstić information content (AvgIpc) is 2.82. The Hall–Kier alpha value is -0.500. The summed E-state index contributed by atoms with van der Waals surface area (Å²) in [6, 6.07) is 0.221. The van der Waals surface area contributed by atoms with Crippen LogP contribution in [0.25, 0.3) is 0 Å². The first-order valence-electron chi connectivity index (χ1n) is 4.69. The molecule has 96 valence electrons. The first-order valence-corrected chi connectivity index (χ1v) is 4.69. The van der Waals surface area contributed by atoms with Gasteiger partial charge in [-0.1, -0.05) is 0 Å². The molecule has 0 spiro atoms. The minimum absolute atomic E-state index is 0.00662. The smallest absolute Gasteiger partial charge is 0.360 e. The molecule has 0 aromatic heterocycles. The van der Waals surface area contributed by atoms with E-state index in [0.717, 1.165) is 12.8 Å². The Kier molecular flexibility index (Phi) is 4.06. The molecule has 0 heterocycles. The quantitative estimate of drug-likeness (QED) is 0.597. The number of ether oxygens (including phenoxy) is 1. The van der Waals surface area contributed by atoms with Crippen LogP contribution < -0.4 is 5.32 Å². The average molecular weight is 251 g/mol. The lowest BCUT2D eigenvalue weighted by Crippen LogP contribution is -2.45. The summed E-state index contributed by atoms with van der Waals surface area (Å²) in [5.41, 5.74) is 0. The molecule has 0 aliphatic heterocycles. The zero-order valence-corrected chi connectivity index (χ0v) is 8.16. The molecule has 2 nitrogen and oxygen atoms in total. The maximum atomic E-state index is 11.9. The number of alkyl halides is 6. The van der Waals surface area contributed by atoms with Gasteiger partial charge in [0, 0.05) is 12.6 Å². The van der Waals surface area contributed by atoms with Crippen molar-refractivity contribution in [1.82, 2.24) is 5.32 Å². The molecule has 1 saturated carbocycles. The molecule has 1 rings (SSSR count). The van der Waals surface area contributed by atoms with E-state index in [1.807, 2.05) is 0 Å². The van der Waals surface area contributed by atoms with Gasteiger partial charge in [-0.15, -0.1) is 0 Å². The third-order valence-corrected chi connectivity index (χ3v) is 1.99. The van der Waals surface area contributed by atoms with Gasteiger partial charge in [-0.25, -0.2) is 0 Å². The minimum atomic E-state index is -5.42. The second-order valence-electron chi connectivity index (χ2n) is 3.56. The fraction of sp³-hybridized carbons (Fsp3) is 1.00.